The minimum atomic E-state index is -0.393. The van der Waals surface area contributed by atoms with Crippen LogP contribution in [0, 0.1) is 5.92 Å². The second kappa shape index (κ2) is 8.95. The molecule has 2 unspecified atom stereocenters. The predicted molar refractivity (Wildman–Crippen MR) is 79.8 cm³/mol. The summed E-state index contributed by atoms with van der Waals surface area (Å²) in [6.45, 7) is 3.49. The van der Waals surface area contributed by atoms with Gasteiger partial charge < -0.3 is 16.4 Å². The molecule has 0 radical (unpaired) electrons. The van der Waals surface area contributed by atoms with Crippen molar-refractivity contribution < 1.29 is 9.59 Å². The zero-order valence-corrected chi connectivity index (χ0v) is 12.6. The number of primary amides is 1. The van der Waals surface area contributed by atoms with Gasteiger partial charge in [-0.2, -0.15) is 0 Å². The fourth-order valence-electron chi connectivity index (χ4n) is 3.07. The van der Waals surface area contributed by atoms with Gasteiger partial charge in [-0.05, 0) is 44.6 Å². The van der Waals surface area contributed by atoms with Crippen LogP contribution in [0.4, 0.5) is 0 Å². The molecule has 0 aliphatic carbocycles. The highest BCUT2D eigenvalue weighted by Crippen LogP contribution is 2.21. The van der Waals surface area contributed by atoms with Crippen molar-refractivity contribution in [1.29, 1.82) is 0 Å². The SMILES string of the molecule is CCCC(CCN)CCC(=O)N1CCCCC1C(N)=O. The van der Waals surface area contributed by atoms with E-state index in [9.17, 15) is 9.59 Å². The molecule has 1 heterocycles. The lowest BCUT2D eigenvalue weighted by molar-refractivity contribution is -0.141. The number of carbonyl (C=O) groups is 2. The monoisotopic (exact) mass is 283 g/mol. The van der Waals surface area contributed by atoms with Gasteiger partial charge in [0, 0.05) is 13.0 Å². The number of nitrogens with zero attached hydrogens (tertiary/aromatic N) is 1. The fourth-order valence-corrected chi connectivity index (χ4v) is 3.07. The van der Waals surface area contributed by atoms with E-state index < -0.39 is 6.04 Å². The molecule has 0 bridgehead atoms. The average molecular weight is 283 g/mol. The molecular weight excluding hydrogens is 254 g/mol. The second-order valence-corrected chi connectivity index (χ2v) is 5.77. The molecule has 4 N–H and O–H groups in total. The summed E-state index contributed by atoms with van der Waals surface area (Å²) in [7, 11) is 0. The standard InChI is InChI=1S/C15H29N3O2/c1-2-5-12(9-10-16)7-8-14(19)18-11-4-3-6-13(18)15(17)20/h12-13H,2-11,16H2,1H3,(H2,17,20). The molecule has 2 atom stereocenters. The average Bonchev–Trinajstić information content (AvgIpc) is 2.45. The van der Waals surface area contributed by atoms with E-state index in [1.807, 2.05) is 0 Å². The Morgan fingerprint density at radius 3 is 2.60 bits per heavy atom. The van der Waals surface area contributed by atoms with Crippen LogP contribution in [0.5, 0.6) is 0 Å². The Kier molecular flexibility index (Phi) is 7.59. The summed E-state index contributed by atoms with van der Waals surface area (Å²) >= 11 is 0. The lowest BCUT2D eigenvalue weighted by atomic mass is 9.93. The van der Waals surface area contributed by atoms with Crippen LogP contribution in [0.3, 0.4) is 0 Å². The van der Waals surface area contributed by atoms with Crippen molar-refractivity contribution >= 4 is 11.8 Å². The summed E-state index contributed by atoms with van der Waals surface area (Å²) in [5.74, 6) is 0.225. The maximum atomic E-state index is 12.3. The Labute approximate surface area is 122 Å². The first-order chi connectivity index (χ1) is 9.60. The molecule has 1 aliphatic heterocycles. The number of likely N-dealkylation sites (tertiary alicyclic amines) is 1. The summed E-state index contributed by atoms with van der Waals surface area (Å²) in [4.78, 5) is 25.4. The Balaban J connectivity index is 2.48. The summed E-state index contributed by atoms with van der Waals surface area (Å²) in [5.41, 5.74) is 11.0. The molecule has 1 aliphatic rings. The highest BCUT2D eigenvalue weighted by Gasteiger charge is 2.30. The quantitative estimate of drug-likeness (QED) is 0.705. The van der Waals surface area contributed by atoms with Crippen LogP contribution in [0.25, 0.3) is 0 Å². The molecule has 2 amide bonds. The van der Waals surface area contributed by atoms with Crippen LogP contribution in [-0.4, -0.2) is 35.8 Å². The summed E-state index contributed by atoms with van der Waals surface area (Å²) in [6, 6.07) is -0.393. The molecule has 1 fully saturated rings. The van der Waals surface area contributed by atoms with Gasteiger partial charge in [-0.25, -0.2) is 0 Å². The van der Waals surface area contributed by atoms with E-state index in [0.29, 0.717) is 31.8 Å². The van der Waals surface area contributed by atoms with E-state index in [1.165, 1.54) is 0 Å². The number of hydrogen-bond donors (Lipinski definition) is 2. The van der Waals surface area contributed by atoms with Crippen molar-refractivity contribution in [2.24, 2.45) is 17.4 Å². The molecule has 0 aromatic heterocycles. The normalized spacial score (nSPS) is 20.7. The van der Waals surface area contributed by atoms with Gasteiger partial charge in [-0.1, -0.05) is 19.8 Å². The number of carbonyl (C=O) groups excluding carboxylic acids is 2. The Bertz CT molecular complexity index is 314. The number of amides is 2. The molecule has 0 spiro atoms. The molecule has 0 aromatic carbocycles. The van der Waals surface area contributed by atoms with Crippen LogP contribution in [0.1, 0.15) is 58.3 Å². The third-order valence-electron chi connectivity index (χ3n) is 4.19. The second-order valence-electron chi connectivity index (χ2n) is 5.77. The maximum absolute atomic E-state index is 12.3. The number of hydrogen-bond acceptors (Lipinski definition) is 3. The minimum Gasteiger partial charge on any atom is -0.368 e. The van der Waals surface area contributed by atoms with Crippen LogP contribution < -0.4 is 11.5 Å². The van der Waals surface area contributed by atoms with E-state index in [-0.39, 0.29) is 11.8 Å². The predicted octanol–water partition coefficient (Wildman–Crippen LogP) is 1.40. The van der Waals surface area contributed by atoms with E-state index in [2.05, 4.69) is 6.92 Å². The lowest BCUT2D eigenvalue weighted by Crippen LogP contribution is -2.50. The lowest BCUT2D eigenvalue weighted by Gasteiger charge is -2.34. The highest BCUT2D eigenvalue weighted by molar-refractivity contribution is 5.86. The van der Waals surface area contributed by atoms with Crippen molar-refractivity contribution in [3.8, 4) is 0 Å². The molecule has 5 nitrogen and oxygen atoms in total. The number of nitrogens with two attached hydrogens (primary N) is 2. The Morgan fingerprint density at radius 2 is 2.00 bits per heavy atom. The van der Waals surface area contributed by atoms with Crippen molar-refractivity contribution in [3.63, 3.8) is 0 Å². The molecule has 20 heavy (non-hydrogen) atoms. The third-order valence-corrected chi connectivity index (χ3v) is 4.19. The fraction of sp³-hybridized carbons (Fsp3) is 0.867. The first-order valence-electron chi connectivity index (χ1n) is 7.89. The zero-order valence-electron chi connectivity index (χ0n) is 12.6. The van der Waals surface area contributed by atoms with Gasteiger partial charge in [-0.3, -0.25) is 9.59 Å². The van der Waals surface area contributed by atoms with E-state index in [0.717, 1.165) is 38.5 Å². The summed E-state index contributed by atoms with van der Waals surface area (Å²) in [6.07, 6.45) is 7.23. The van der Waals surface area contributed by atoms with Gasteiger partial charge in [0.2, 0.25) is 11.8 Å². The topological polar surface area (TPSA) is 89.4 Å². The van der Waals surface area contributed by atoms with Crippen molar-refractivity contribution in [1.82, 2.24) is 4.90 Å². The van der Waals surface area contributed by atoms with Gasteiger partial charge in [0.15, 0.2) is 0 Å². The largest absolute Gasteiger partial charge is 0.368 e. The zero-order chi connectivity index (χ0) is 15.0. The maximum Gasteiger partial charge on any atom is 0.240 e. The summed E-state index contributed by atoms with van der Waals surface area (Å²) in [5, 5.41) is 0. The summed E-state index contributed by atoms with van der Waals surface area (Å²) < 4.78 is 0. The van der Waals surface area contributed by atoms with E-state index in [1.54, 1.807) is 4.90 Å². The smallest absolute Gasteiger partial charge is 0.240 e. The first-order valence-corrected chi connectivity index (χ1v) is 7.89. The Hall–Kier alpha value is -1.10. The van der Waals surface area contributed by atoms with Crippen LogP contribution in [0.2, 0.25) is 0 Å². The van der Waals surface area contributed by atoms with Gasteiger partial charge in [-0.15, -0.1) is 0 Å². The third kappa shape index (κ3) is 5.12. The highest BCUT2D eigenvalue weighted by atomic mass is 16.2. The van der Waals surface area contributed by atoms with E-state index in [4.69, 9.17) is 11.5 Å². The van der Waals surface area contributed by atoms with Crippen LogP contribution in [0.15, 0.2) is 0 Å². The Morgan fingerprint density at radius 1 is 1.25 bits per heavy atom. The van der Waals surface area contributed by atoms with Gasteiger partial charge >= 0.3 is 0 Å². The molecule has 1 saturated heterocycles. The first kappa shape index (κ1) is 17.0. The number of piperidine rings is 1. The van der Waals surface area contributed by atoms with Crippen molar-refractivity contribution in [2.75, 3.05) is 13.1 Å². The van der Waals surface area contributed by atoms with E-state index >= 15 is 0 Å². The van der Waals surface area contributed by atoms with Gasteiger partial charge in [0.25, 0.3) is 0 Å². The van der Waals surface area contributed by atoms with Crippen molar-refractivity contribution in [3.05, 3.63) is 0 Å². The van der Waals surface area contributed by atoms with Gasteiger partial charge in [0.1, 0.15) is 6.04 Å². The molecule has 116 valence electrons. The van der Waals surface area contributed by atoms with Crippen LogP contribution in [-0.2, 0) is 9.59 Å². The molecule has 5 heteroatoms. The molecule has 0 saturated carbocycles. The molecular formula is C15H29N3O2. The number of rotatable bonds is 8. The molecule has 0 aromatic rings. The van der Waals surface area contributed by atoms with Crippen molar-refractivity contribution in [2.45, 2.75) is 64.3 Å². The van der Waals surface area contributed by atoms with Crippen LogP contribution >= 0.6 is 0 Å². The minimum absolute atomic E-state index is 0.0756. The molecule has 1 rings (SSSR count). The van der Waals surface area contributed by atoms with Gasteiger partial charge in [0.05, 0.1) is 0 Å².